The topological polar surface area (TPSA) is 56.8 Å². The molecule has 0 aromatic carbocycles. The molecule has 0 bridgehead atoms. The van der Waals surface area contributed by atoms with Gasteiger partial charge in [0, 0.05) is 38.8 Å². The average molecular weight is 326 g/mol. The molecule has 0 aromatic heterocycles. The third kappa shape index (κ3) is 7.06. The molecule has 2 aliphatic rings. The number of likely N-dealkylation sites (N-methyl/N-ethyl adjacent to an activating group) is 2. The van der Waals surface area contributed by atoms with E-state index in [1.165, 1.54) is 38.5 Å². The molecule has 134 valence electrons. The molecule has 6 heteroatoms. The Labute approximate surface area is 140 Å². The minimum Gasteiger partial charge on any atom is -0.376 e. The van der Waals surface area contributed by atoms with E-state index in [0.29, 0.717) is 31.8 Å². The molecule has 2 amide bonds. The van der Waals surface area contributed by atoms with E-state index < -0.39 is 0 Å². The largest absolute Gasteiger partial charge is 0.376 e. The summed E-state index contributed by atoms with van der Waals surface area (Å²) in [5.74, 6) is 0. The number of carbonyl (C=O) groups excluding carboxylic acids is 1. The standard InChI is InChI=1S/C17H34N4O2/c1-20-10-11-21(2)15(14-20)13-19-17(22)18-9-12-23-16-7-5-3-4-6-8-16/h15-16H,3-14H2,1-2H3,(H2,18,19,22). The van der Waals surface area contributed by atoms with Crippen LogP contribution >= 0.6 is 0 Å². The van der Waals surface area contributed by atoms with Gasteiger partial charge in [-0.2, -0.15) is 0 Å². The number of hydrogen-bond donors (Lipinski definition) is 2. The lowest BCUT2D eigenvalue weighted by molar-refractivity contribution is 0.0460. The Morgan fingerprint density at radius 2 is 1.83 bits per heavy atom. The fraction of sp³-hybridized carbons (Fsp3) is 0.941. The molecule has 2 N–H and O–H groups in total. The summed E-state index contributed by atoms with van der Waals surface area (Å²) in [6.45, 7) is 5.04. The Balaban J connectivity index is 1.52. The van der Waals surface area contributed by atoms with Crippen LogP contribution in [-0.4, -0.2) is 81.4 Å². The summed E-state index contributed by atoms with van der Waals surface area (Å²) in [5, 5.41) is 5.87. The van der Waals surface area contributed by atoms with Gasteiger partial charge in [-0.25, -0.2) is 4.79 Å². The van der Waals surface area contributed by atoms with E-state index in [-0.39, 0.29) is 6.03 Å². The third-order valence-corrected chi connectivity index (χ3v) is 5.02. The van der Waals surface area contributed by atoms with Crippen LogP contribution in [0.25, 0.3) is 0 Å². The van der Waals surface area contributed by atoms with Crippen molar-refractivity contribution in [2.24, 2.45) is 0 Å². The first-order valence-electron chi connectivity index (χ1n) is 9.17. The van der Waals surface area contributed by atoms with Gasteiger partial charge in [-0.1, -0.05) is 25.7 Å². The number of piperazine rings is 1. The molecule has 2 rings (SSSR count). The fourth-order valence-electron chi connectivity index (χ4n) is 3.39. The van der Waals surface area contributed by atoms with Crippen molar-refractivity contribution in [3.05, 3.63) is 0 Å². The highest BCUT2D eigenvalue weighted by Crippen LogP contribution is 2.19. The highest BCUT2D eigenvalue weighted by atomic mass is 16.5. The summed E-state index contributed by atoms with van der Waals surface area (Å²) < 4.78 is 5.88. The Morgan fingerprint density at radius 1 is 1.09 bits per heavy atom. The molecule has 1 saturated heterocycles. The number of amides is 2. The van der Waals surface area contributed by atoms with Crippen LogP contribution in [0, 0.1) is 0 Å². The van der Waals surface area contributed by atoms with Gasteiger partial charge in [-0.05, 0) is 26.9 Å². The van der Waals surface area contributed by atoms with E-state index >= 15 is 0 Å². The van der Waals surface area contributed by atoms with Crippen LogP contribution in [-0.2, 0) is 4.74 Å². The van der Waals surface area contributed by atoms with E-state index in [9.17, 15) is 4.79 Å². The second kappa shape index (κ2) is 10.1. The molecule has 1 unspecified atom stereocenters. The number of ether oxygens (including phenoxy) is 1. The average Bonchev–Trinajstić information content (AvgIpc) is 2.81. The number of rotatable bonds is 6. The van der Waals surface area contributed by atoms with Gasteiger partial charge in [0.05, 0.1) is 12.7 Å². The molecule has 1 aliphatic carbocycles. The van der Waals surface area contributed by atoms with Gasteiger partial charge in [0.15, 0.2) is 0 Å². The number of nitrogens with one attached hydrogen (secondary N) is 2. The lowest BCUT2D eigenvalue weighted by Gasteiger charge is -2.37. The van der Waals surface area contributed by atoms with Crippen molar-refractivity contribution in [3.63, 3.8) is 0 Å². The summed E-state index contributed by atoms with van der Waals surface area (Å²) in [6.07, 6.45) is 7.98. The van der Waals surface area contributed by atoms with Crippen molar-refractivity contribution >= 4 is 6.03 Å². The molecule has 0 aromatic rings. The van der Waals surface area contributed by atoms with E-state index in [1.807, 2.05) is 0 Å². The second-order valence-electron chi connectivity index (χ2n) is 7.02. The summed E-state index contributed by atoms with van der Waals surface area (Å²) in [4.78, 5) is 16.5. The van der Waals surface area contributed by atoms with Gasteiger partial charge in [-0.3, -0.25) is 4.90 Å². The highest BCUT2D eigenvalue weighted by Gasteiger charge is 2.22. The number of carbonyl (C=O) groups is 1. The predicted molar refractivity (Wildman–Crippen MR) is 92.8 cm³/mol. The number of urea groups is 1. The first kappa shape index (κ1) is 18.5. The molecule has 0 radical (unpaired) electrons. The minimum absolute atomic E-state index is 0.0870. The van der Waals surface area contributed by atoms with E-state index in [2.05, 4.69) is 34.5 Å². The van der Waals surface area contributed by atoms with E-state index in [1.54, 1.807) is 0 Å². The van der Waals surface area contributed by atoms with Crippen LogP contribution in [0.1, 0.15) is 38.5 Å². The Bertz CT molecular complexity index is 345. The maximum atomic E-state index is 11.9. The molecule has 23 heavy (non-hydrogen) atoms. The molecule has 2 fully saturated rings. The van der Waals surface area contributed by atoms with Crippen LogP contribution in [0.3, 0.4) is 0 Å². The van der Waals surface area contributed by atoms with Crippen molar-refractivity contribution in [3.8, 4) is 0 Å². The number of nitrogens with zero attached hydrogens (tertiary/aromatic N) is 2. The molecular formula is C17H34N4O2. The normalized spacial score (nSPS) is 25.0. The van der Waals surface area contributed by atoms with Gasteiger partial charge in [0.1, 0.15) is 0 Å². The fourth-order valence-corrected chi connectivity index (χ4v) is 3.39. The van der Waals surface area contributed by atoms with Crippen LogP contribution in [0.5, 0.6) is 0 Å². The zero-order chi connectivity index (χ0) is 16.5. The first-order valence-corrected chi connectivity index (χ1v) is 9.17. The summed E-state index contributed by atoms with van der Waals surface area (Å²) in [5.41, 5.74) is 0. The Kier molecular flexibility index (Phi) is 8.12. The monoisotopic (exact) mass is 326 g/mol. The van der Waals surface area contributed by atoms with E-state index in [0.717, 1.165) is 19.6 Å². The van der Waals surface area contributed by atoms with Crippen molar-refractivity contribution in [1.29, 1.82) is 0 Å². The molecule has 0 spiro atoms. The van der Waals surface area contributed by atoms with Gasteiger partial charge >= 0.3 is 6.03 Å². The zero-order valence-electron chi connectivity index (χ0n) is 14.9. The van der Waals surface area contributed by atoms with Gasteiger partial charge in [-0.15, -0.1) is 0 Å². The Morgan fingerprint density at radius 3 is 2.57 bits per heavy atom. The van der Waals surface area contributed by atoms with Crippen molar-refractivity contribution in [1.82, 2.24) is 20.4 Å². The van der Waals surface area contributed by atoms with Crippen LogP contribution < -0.4 is 10.6 Å². The Hall–Kier alpha value is -0.850. The van der Waals surface area contributed by atoms with Crippen LogP contribution in [0.4, 0.5) is 4.79 Å². The SMILES string of the molecule is CN1CCN(C)C(CNC(=O)NCCOC2CCCCCC2)C1. The van der Waals surface area contributed by atoms with Crippen molar-refractivity contribution in [2.75, 3.05) is 53.4 Å². The summed E-state index contributed by atoms with van der Waals surface area (Å²) in [7, 11) is 4.25. The van der Waals surface area contributed by atoms with Gasteiger partial charge < -0.3 is 20.3 Å². The maximum absolute atomic E-state index is 11.9. The van der Waals surface area contributed by atoms with E-state index in [4.69, 9.17) is 4.74 Å². The molecule has 1 heterocycles. The van der Waals surface area contributed by atoms with Gasteiger partial charge in [0.2, 0.25) is 0 Å². The van der Waals surface area contributed by atoms with Crippen LogP contribution in [0.2, 0.25) is 0 Å². The highest BCUT2D eigenvalue weighted by molar-refractivity contribution is 5.73. The molecular weight excluding hydrogens is 292 g/mol. The lowest BCUT2D eigenvalue weighted by Crippen LogP contribution is -2.55. The quantitative estimate of drug-likeness (QED) is 0.570. The van der Waals surface area contributed by atoms with Gasteiger partial charge in [0.25, 0.3) is 0 Å². The van der Waals surface area contributed by atoms with Crippen molar-refractivity contribution < 1.29 is 9.53 Å². The molecule has 1 aliphatic heterocycles. The first-order chi connectivity index (χ1) is 11.1. The van der Waals surface area contributed by atoms with Crippen LogP contribution in [0.15, 0.2) is 0 Å². The molecule has 6 nitrogen and oxygen atoms in total. The zero-order valence-corrected chi connectivity index (χ0v) is 14.9. The molecule has 1 saturated carbocycles. The minimum atomic E-state index is -0.0870. The maximum Gasteiger partial charge on any atom is 0.314 e. The van der Waals surface area contributed by atoms with Crippen molar-refractivity contribution in [2.45, 2.75) is 50.7 Å². The summed E-state index contributed by atoms with van der Waals surface area (Å²) >= 11 is 0. The summed E-state index contributed by atoms with van der Waals surface area (Å²) in [6, 6.07) is 0.304. The second-order valence-corrected chi connectivity index (χ2v) is 7.02. The lowest BCUT2D eigenvalue weighted by atomic mass is 10.1. The number of hydrogen-bond acceptors (Lipinski definition) is 4. The molecule has 1 atom stereocenters. The smallest absolute Gasteiger partial charge is 0.314 e. The predicted octanol–water partition coefficient (Wildman–Crippen LogP) is 1.27. The third-order valence-electron chi connectivity index (χ3n) is 5.02.